The van der Waals surface area contributed by atoms with Crippen LogP contribution in [-0.2, 0) is 11.0 Å². The van der Waals surface area contributed by atoms with Gasteiger partial charge in [0.1, 0.15) is 5.69 Å². The number of nitrogens with one attached hydrogen (secondary N) is 1. The quantitative estimate of drug-likeness (QED) is 0.869. The third-order valence-electron chi connectivity index (χ3n) is 3.81. The zero-order valence-corrected chi connectivity index (χ0v) is 13.3. The van der Waals surface area contributed by atoms with E-state index in [1.54, 1.807) is 20.8 Å². The van der Waals surface area contributed by atoms with Crippen molar-refractivity contribution in [3.8, 4) is 0 Å². The molecule has 1 atom stereocenters. The van der Waals surface area contributed by atoms with Gasteiger partial charge in [-0.3, -0.25) is 9.59 Å². The van der Waals surface area contributed by atoms with Crippen molar-refractivity contribution >= 4 is 11.9 Å². The summed E-state index contributed by atoms with van der Waals surface area (Å²) in [6, 6.07) is 1.77. The maximum absolute atomic E-state index is 12.6. The molecule has 0 aromatic carbocycles. The lowest BCUT2D eigenvalue weighted by molar-refractivity contribution is -0.141. The van der Waals surface area contributed by atoms with Crippen molar-refractivity contribution in [2.45, 2.75) is 45.8 Å². The summed E-state index contributed by atoms with van der Waals surface area (Å²) < 4.78 is 37.8. The smallest absolute Gasteiger partial charge is 0.433 e. The highest BCUT2D eigenvalue weighted by Crippen LogP contribution is 2.28. The van der Waals surface area contributed by atoms with E-state index in [1.807, 2.05) is 0 Å². The number of hydrogen-bond donors (Lipinski definition) is 2. The van der Waals surface area contributed by atoms with Gasteiger partial charge in [-0.15, -0.1) is 0 Å². The lowest BCUT2D eigenvalue weighted by atomic mass is 9.85. The molecule has 0 aliphatic heterocycles. The van der Waals surface area contributed by atoms with Gasteiger partial charge in [-0.1, -0.05) is 13.8 Å². The molecule has 1 rings (SSSR count). The fourth-order valence-electron chi connectivity index (χ4n) is 1.99. The van der Waals surface area contributed by atoms with Gasteiger partial charge in [-0.05, 0) is 31.9 Å². The first-order valence-corrected chi connectivity index (χ1v) is 6.96. The van der Waals surface area contributed by atoms with E-state index < -0.39 is 29.3 Å². The van der Waals surface area contributed by atoms with Gasteiger partial charge < -0.3 is 10.4 Å². The second-order valence-electron chi connectivity index (χ2n) is 5.92. The largest absolute Gasteiger partial charge is 0.481 e. The molecule has 0 radical (unpaired) electrons. The van der Waals surface area contributed by atoms with Gasteiger partial charge in [0.25, 0.3) is 5.91 Å². The van der Waals surface area contributed by atoms with Crippen LogP contribution in [0.4, 0.5) is 13.2 Å². The van der Waals surface area contributed by atoms with Crippen LogP contribution in [0.1, 0.15) is 48.9 Å². The van der Waals surface area contributed by atoms with Crippen molar-refractivity contribution in [3.05, 3.63) is 29.1 Å². The monoisotopic (exact) mass is 332 g/mol. The Kier molecular flexibility index (Phi) is 5.39. The van der Waals surface area contributed by atoms with Crippen molar-refractivity contribution < 1.29 is 27.9 Å². The maximum Gasteiger partial charge on any atom is 0.433 e. The van der Waals surface area contributed by atoms with E-state index in [9.17, 15) is 22.8 Å². The molecule has 8 heteroatoms. The van der Waals surface area contributed by atoms with Crippen molar-refractivity contribution in [1.82, 2.24) is 10.3 Å². The van der Waals surface area contributed by atoms with Crippen LogP contribution in [0.25, 0.3) is 0 Å². The Morgan fingerprint density at radius 2 is 1.87 bits per heavy atom. The summed E-state index contributed by atoms with van der Waals surface area (Å²) in [6.07, 6.45) is -4.89. The predicted molar refractivity (Wildman–Crippen MR) is 76.9 cm³/mol. The number of halogens is 3. The molecular formula is C15H19F3N2O3. The molecule has 0 saturated heterocycles. The minimum atomic E-state index is -4.59. The number of carbonyl (C=O) groups excluding carboxylic acids is 1. The van der Waals surface area contributed by atoms with Gasteiger partial charge in [0.15, 0.2) is 0 Å². The number of rotatable bonds is 5. The van der Waals surface area contributed by atoms with E-state index in [0.717, 1.165) is 12.1 Å². The molecule has 0 saturated carbocycles. The number of amides is 1. The number of aromatic nitrogens is 1. The molecule has 2 N–H and O–H groups in total. The average Bonchev–Trinajstić information content (AvgIpc) is 2.35. The molecule has 0 spiro atoms. The second-order valence-corrected chi connectivity index (χ2v) is 5.92. The standard InChI is InChI=1S/C15H19F3N2O3/c1-8(2)14(4,7-12(21)22)20-13(23)10-5-6-11(15(16,17)18)19-9(10)3/h5-6,8H,7H2,1-4H3,(H,20,23)(H,21,22). The molecule has 1 heterocycles. The summed E-state index contributed by atoms with van der Waals surface area (Å²) in [5.74, 6) is -1.92. The number of hydrogen-bond acceptors (Lipinski definition) is 3. The molecule has 5 nitrogen and oxygen atoms in total. The Morgan fingerprint density at radius 1 is 1.30 bits per heavy atom. The number of carbonyl (C=O) groups is 2. The van der Waals surface area contributed by atoms with Crippen molar-refractivity contribution in [2.75, 3.05) is 0 Å². The van der Waals surface area contributed by atoms with E-state index in [2.05, 4.69) is 10.3 Å². The number of aliphatic carboxylic acids is 1. The molecule has 1 unspecified atom stereocenters. The van der Waals surface area contributed by atoms with Gasteiger partial charge in [0, 0.05) is 0 Å². The normalized spacial score (nSPS) is 14.4. The lowest BCUT2D eigenvalue weighted by Crippen LogP contribution is -2.51. The van der Waals surface area contributed by atoms with Gasteiger partial charge in [0.05, 0.1) is 23.2 Å². The van der Waals surface area contributed by atoms with Crippen LogP contribution in [0.2, 0.25) is 0 Å². The van der Waals surface area contributed by atoms with Crippen LogP contribution in [0.5, 0.6) is 0 Å². The summed E-state index contributed by atoms with van der Waals surface area (Å²) in [6.45, 7) is 6.38. The van der Waals surface area contributed by atoms with Gasteiger partial charge >= 0.3 is 12.1 Å². The van der Waals surface area contributed by atoms with Gasteiger partial charge in [0.2, 0.25) is 0 Å². The van der Waals surface area contributed by atoms with Crippen molar-refractivity contribution in [1.29, 1.82) is 0 Å². The van der Waals surface area contributed by atoms with Crippen molar-refractivity contribution in [2.24, 2.45) is 5.92 Å². The number of carboxylic acids is 1. The first-order chi connectivity index (χ1) is 10.4. The number of nitrogens with zero attached hydrogens (tertiary/aromatic N) is 1. The number of carboxylic acid groups (broad SMARTS) is 1. The molecule has 1 amide bonds. The highest BCUT2D eigenvalue weighted by Gasteiger charge is 2.35. The number of aryl methyl sites for hydroxylation is 1. The zero-order valence-electron chi connectivity index (χ0n) is 13.3. The Hall–Kier alpha value is -2.12. The molecule has 0 aliphatic rings. The Balaban J connectivity index is 3.08. The van der Waals surface area contributed by atoms with Gasteiger partial charge in [-0.25, -0.2) is 4.98 Å². The molecule has 0 fully saturated rings. The summed E-state index contributed by atoms with van der Waals surface area (Å²) >= 11 is 0. The van der Waals surface area contributed by atoms with Crippen LogP contribution < -0.4 is 5.32 Å². The van der Waals surface area contributed by atoms with Crippen molar-refractivity contribution in [3.63, 3.8) is 0 Å². The van der Waals surface area contributed by atoms with Gasteiger partial charge in [-0.2, -0.15) is 13.2 Å². The van der Waals surface area contributed by atoms with E-state index in [4.69, 9.17) is 5.11 Å². The predicted octanol–water partition coefficient (Wildman–Crippen LogP) is 3.03. The summed E-state index contributed by atoms with van der Waals surface area (Å²) in [4.78, 5) is 26.7. The minimum absolute atomic E-state index is 0.0183. The summed E-state index contributed by atoms with van der Waals surface area (Å²) in [5, 5.41) is 11.6. The SMILES string of the molecule is Cc1nc(C(F)(F)F)ccc1C(=O)NC(C)(CC(=O)O)C(C)C. The van der Waals surface area contributed by atoms with Crippen LogP contribution in [0.15, 0.2) is 12.1 Å². The first-order valence-electron chi connectivity index (χ1n) is 6.96. The fraction of sp³-hybridized carbons (Fsp3) is 0.533. The summed E-state index contributed by atoms with van der Waals surface area (Å²) in [7, 11) is 0. The first kappa shape index (κ1) is 18.9. The zero-order chi connectivity index (χ0) is 18.0. The van der Waals surface area contributed by atoms with E-state index >= 15 is 0 Å². The van der Waals surface area contributed by atoms with Crippen LogP contribution in [0, 0.1) is 12.8 Å². The Morgan fingerprint density at radius 3 is 2.26 bits per heavy atom. The van der Waals surface area contributed by atoms with E-state index in [0.29, 0.717) is 0 Å². The molecule has 0 bridgehead atoms. The van der Waals surface area contributed by atoms with Crippen LogP contribution >= 0.6 is 0 Å². The molecule has 23 heavy (non-hydrogen) atoms. The Labute approximate surface area is 131 Å². The lowest BCUT2D eigenvalue weighted by Gasteiger charge is -2.33. The Bertz CT molecular complexity index is 614. The van der Waals surface area contributed by atoms with E-state index in [-0.39, 0.29) is 23.6 Å². The summed E-state index contributed by atoms with van der Waals surface area (Å²) in [5.41, 5.74) is -2.20. The third-order valence-corrected chi connectivity index (χ3v) is 3.81. The topological polar surface area (TPSA) is 79.3 Å². The molecule has 0 aliphatic carbocycles. The molecule has 1 aromatic heterocycles. The highest BCUT2D eigenvalue weighted by atomic mass is 19.4. The van der Waals surface area contributed by atoms with E-state index in [1.165, 1.54) is 6.92 Å². The average molecular weight is 332 g/mol. The second kappa shape index (κ2) is 6.55. The van der Waals surface area contributed by atoms with Crippen LogP contribution in [0.3, 0.4) is 0 Å². The highest BCUT2D eigenvalue weighted by molar-refractivity contribution is 5.96. The molecule has 1 aromatic rings. The number of pyridine rings is 1. The minimum Gasteiger partial charge on any atom is -0.481 e. The number of alkyl halides is 3. The molecule has 128 valence electrons. The molecular weight excluding hydrogens is 313 g/mol. The third kappa shape index (κ3) is 4.67. The fourth-order valence-corrected chi connectivity index (χ4v) is 1.99. The van der Waals surface area contributed by atoms with Crippen LogP contribution in [-0.4, -0.2) is 27.5 Å². The maximum atomic E-state index is 12.6.